The van der Waals surface area contributed by atoms with Gasteiger partial charge in [0.05, 0.1) is 12.3 Å². The third-order valence-corrected chi connectivity index (χ3v) is 5.30. The molecule has 28 heavy (non-hydrogen) atoms. The molecule has 0 rings (SSSR count). The number of hydrogen-bond donors (Lipinski definition) is 2. The number of carbonyl (C=O) groups excluding carboxylic acids is 1. The Morgan fingerprint density at radius 2 is 1.36 bits per heavy atom. The summed E-state index contributed by atoms with van der Waals surface area (Å²) in [6.07, 6.45) is 21.2. The molecule has 0 aliphatic carbocycles. The number of carbonyl (C=O) groups is 1. The molecule has 7 heteroatoms. The van der Waals surface area contributed by atoms with Gasteiger partial charge in [0.25, 0.3) is 10.1 Å². The molecule has 0 aromatic carbocycles. The van der Waals surface area contributed by atoms with E-state index in [9.17, 15) is 13.2 Å². The van der Waals surface area contributed by atoms with E-state index in [2.05, 4.69) is 24.4 Å². The van der Waals surface area contributed by atoms with Crippen LogP contribution in [0.15, 0.2) is 12.2 Å². The molecule has 5 nitrogen and oxygen atoms in total. The van der Waals surface area contributed by atoms with E-state index in [4.69, 9.17) is 4.55 Å². The number of unbranched alkanes of at least 4 members (excludes halogenated alkanes) is 11. The molecular weight excluding hydrogens is 385 g/mol. The number of nitrogens with one attached hydrogen (secondary N) is 1. The topological polar surface area (TPSA) is 83.5 Å². The van der Waals surface area contributed by atoms with Crippen molar-refractivity contribution in [3.8, 4) is 0 Å². The quantitative estimate of drug-likeness (QED) is 0.130. The predicted molar refractivity (Wildman–Crippen MR) is 121 cm³/mol. The van der Waals surface area contributed by atoms with Crippen LogP contribution in [0.3, 0.4) is 0 Å². The van der Waals surface area contributed by atoms with Crippen molar-refractivity contribution < 1.29 is 17.8 Å². The second kappa shape index (κ2) is 22.0. The minimum atomic E-state index is -3.94. The number of allylic oxidation sites excluding steroid dienone is 2. The van der Waals surface area contributed by atoms with Gasteiger partial charge in [-0.05, 0) is 32.1 Å². The molecule has 0 heterocycles. The number of ketones is 1. The van der Waals surface area contributed by atoms with Gasteiger partial charge in [-0.2, -0.15) is 8.42 Å². The first-order valence-corrected chi connectivity index (χ1v) is 12.4. The van der Waals surface area contributed by atoms with Crippen LogP contribution in [-0.2, 0) is 14.9 Å². The second-order valence-electron chi connectivity index (χ2n) is 7.34. The second-order valence-corrected chi connectivity index (χ2v) is 8.91. The van der Waals surface area contributed by atoms with Crippen LogP contribution in [0.25, 0.3) is 0 Å². The number of rotatable bonds is 20. The Kier molecular flexibility index (Phi) is 23.9. The van der Waals surface area contributed by atoms with Crippen LogP contribution in [0.2, 0.25) is 0 Å². The molecule has 0 aliphatic rings. The Morgan fingerprint density at radius 3 is 1.89 bits per heavy atom. The van der Waals surface area contributed by atoms with E-state index < -0.39 is 10.1 Å². The summed E-state index contributed by atoms with van der Waals surface area (Å²) in [4.78, 5) is 11.6. The van der Waals surface area contributed by atoms with E-state index >= 15 is 0 Å². The molecule has 0 bridgehead atoms. The van der Waals surface area contributed by atoms with Crippen LogP contribution >= 0.6 is 0 Å². The Morgan fingerprint density at radius 1 is 0.857 bits per heavy atom. The molecule has 0 aromatic rings. The molecule has 0 saturated heterocycles. The normalized spacial score (nSPS) is 11.6. The Bertz CT molecular complexity index is 481. The van der Waals surface area contributed by atoms with Gasteiger partial charge in [0.15, 0.2) is 0 Å². The van der Waals surface area contributed by atoms with Crippen LogP contribution in [0.5, 0.6) is 0 Å². The van der Waals surface area contributed by atoms with Crippen LogP contribution < -0.4 is 5.32 Å². The Labute approximate surface area is 195 Å². The first-order valence-electron chi connectivity index (χ1n) is 10.8. The van der Waals surface area contributed by atoms with Crippen molar-refractivity contribution in [2.24, 2.45) is 0 Å². The SMILES string of the molecule is CCCCCCCC/C=C\CCCCCCCC(=O)CNCCS(=O)(=O)O.[NaH]. The average Bonchev–Trinajstić information content (AvgIpc) is 2.61. The van der Waals surface area contributed by atoms with Crippen molar-refractivity contribution in [3.05, 3.63) is 12.2 Å². The fourth-order valence-corrected chi connectivity index (χ4v) is 3.31. The molecule has 0 saturated carbocycles. The van der Waals surface area contributed by atoms with Gasteiger partial charge in [0.1, 0.15) is 5.78 Å². The zero-order chi connectivity index (χ0) is 20.2. The molecule has 0 aliphatic heterocycles. The van der Waals surface area contributed by atoms with E-state index in [1.54, 1.807) is 0 Å². The summed E-state index contributed by atoms with van der Waals surface area (Å²) in [5, 5.41) is 2.75. The van der Waals surface area contributed by atoms with Gasteiger partial charge in [-0.1, -0.05) is 70.4 Å². The first-order chi connectivity index (χ1) is 13.0. The zero-order valence-electron chi connectivity index (χ0n) is 17.3. The standard InChI is InChI=1S/C21H41NO4S.Na.H/c1-2-3-4-5-6-7-8-9-10-11-12-13-14-15-16-17-21(23)20-22-18-19-27(24,25)26;;/h9-10,22H,2-8,11-20H2,1H3,(H,24,25,26);;/b10-9-;;. The fraction of sp³-hybridized carbons (Fsp3) is 0.857. The number of hydrogen-bond acceptors (Lipinski definition) is 4. The van der Waals surface area contributed by atoms with Gasteiger partial charge < -0.3 is 5.32 Å². The summed E-state index contributed by atoms with van der Waals surface area (Å²) in [6, 6.07) is 0. The van der Waals surface area contributed by atoms with Crippen LogP contribution in [-0.4, -0.2) is 67.2 Å². The van der Waals surface area contributed by atoms with E-state index in [0.29, 0.717) is 6.42 Å². The fourth-order valence-electron chi connectivity index (χ4n) is 2.91. The first kappa shape index (κ1) is 30.5. The van der Waals surface area contributed by atoms with Gasteiger partial charge in [0, 0.05) is 13.0 Å². The summed E-state index contributed by atoms with van der Waals surface area (Å²) in [5.41, 5.74) is 0. The molecule has 2 N–H and O–H groups in total. The Hall–Kier alpha value is 0.280. The monoisotopic (exact) mass is 427 g/mol. The van der Waals surface area contributed by atoms with E-state index in [-0.39, 0.29) is 54.2 Å². The summed E-state index contributed by atoms with van der Waals surface area (Å²) in [7, 11) is -3.94. The van der Waals surface area contributed by atoms with Crippen molar-refractivity contribution >= 4 is 45.5 Å². The third-order valence-electron chi connectivity index (χ3n) is 4.58. The summed E-state index contributed by atoms with van der Waals surface area (Å²) in [6.45, 7) is 2.54. The number of Topliss-reactive ketones (excluding diaryl/α,β-unsaturated/α-hetero) is 1. The zero-order valence-corrected chi connectivity index (χ0v) is 18.1. The maximum absolute atomic E-state index is 11.6. The molecule has 0 amide bonds. The minimum absolute atomic E-state index is 0. The summed E-state index contributed by atoms with van der Waals surface area (Å²) >= 11 is 0. The van der Waals surface area contributed by atoms with Gasteiger partial charge in [-0.3, -0.25) is 9.35 Å². The van der Waals surface area contributed by atoms with Crippen molar-refractivity contribution in [1.82, 2.24) is 5.32 Å². The van der Waals surface area contributed by atoms with E-state index in [0.717, 1.165) is 25.7 Å². The molecule has 0 atom stereocenters. The van der Waals surface area contributed by atoms with Gasteiger partial charge in [0.2, 0.25) is 0 Å². The van der Waals surface area contributed by atoms with Crippen molar-refractivity contribution in [3.63, 3.8) is 0 Å². The third kappa shape index (κ3) is 26.3. The van der Waals surface area contributed by atoms with Crippen molar-refractivity contribution in [1.29, 1.82) is 0 Å². The van der Waals surface area contributed by atoms with Crippen molar-refractivity contribution in [2.45, 2.75) is 96.8 Å². The molecule has 0 fully saturated rings. The van der Waals surface area contributed by atoms with Gasteiger partial charge in [-0.15, -0.1) is 0 Å². The van der Waals surface area contributed by atoms with Gasteiger partial charge >= 0.3 is 29.6 Å². The van der Waals surface area contributed by atoms with Gasteiger partial charge in [-0.25, -0.2) is 0 Å². The van der Waals surface area contributed by atoms with Crippen LogP contribution in [0.1, 0.15) is 96.8 Å². The molecule has 0 aromatic heterocycles. The van der Waals surface area contributed by atoms with Crippen LogP contribution in [0, 0.1) is 0 Å². The van der Waals surface area contributed by atoms with E-state index in [1.165, 1.54) is 57.8 Å². The molecular formula is C21H42NNaO4S. The Balaban J connectivity index is 0. The molecule has 0 radical (unpaired) electrons. The predicted octanol–water partition coefficient (Wildman–Crippen LogP) is 4.42. The summed E-state index contributed by atoms with van der Waals surface area (Å²) in [5.74, 6) is -0.254. The van der Waals surface area contributed by atoms with E-state index in [1.807, 2.05) is 0 Å². The molecule has 0 unspecified atom stereocenters. The van der Waals surface area contributed by atoms with Crippen molar-refractivity contribution in [2.75, 3.05) is 18.8 Å². The summed E-state index contributed by atoms with van der Waals surface area (Å²) < 4.78 is 29.6. The van der Waals surface area contributed by atoms with Crippen LogP contribution in [0.4, 0.5) is 0 Å². The molecule has 0 spiro atoms. The average molecular weight is 428 g/mol. The molecule has 162 valence electrons. The maximum atomic E-state index is 11.6.